The van der Waals surface area contributed by atoms with E-state index in [4.69, 9.17) is 9.47 Å². The topological polar surface area (TPSA) is 30.5 Å². The number of methoxy groups -OCH3 is 2. The van der Waals surface area contributed by atoms with Gasteiger partial charge in [-0.2, -0.15) is 0 Å². The number of rotatable bonds is 5. The zero-order valence-electron chi connectivity index (χ0n) is 10.8. The van der Waals surface area contributed by atoms with Gasteiger partial charge in [-0.1, -0.05) is 12.1 Å². The fraction of sp³-hybridized carbons (Fsp3) is 0.286. The SMILES string of the molecule is CNC(c1cccc(OC)c1)c1cc(OC)cs1. The summed E-state index contributed by atoms with van der Waals surface area (Å²) in [5, 5.41) is 5.34. The molecule has 0 radical (unpaired) electrons. The molecule has 1 atom stereocenters. The molecule has 0 bridgehead atoms. The summed E-state index contributed by atoms with van der Waals surface area (Å²) in [4.78, 5) is 1.22. The average Bonchev–Trinajstić information content (AvgIpc) is 2.88. The molecule has 1 aromatic carbocycles. The van der Waals surface area contributed by atoms with Crippen LogP contribution in [0.2, 0.25) is 0 Å². The minimum Gasteiger partial charge on any atom is -0.497 e. The smallest absolute Gasteiger partial charge is 0.129 e. The molecular formula is C14H17NO2S. The van der Waals surface area contributed by atoms with E-state index in [1.807, 2.05) is 30.6 Å². The van der Waals surface area contributed by atoms with Crippen LogP contribution >= 0.6 is 11.3 Å². The maximum Gasteiger partial charge on any atom is 0.129 e. The van der Waals surface area contributed by atoms with Crippen molar-refractivity contribution in [2.75, 3.05) is 21.3 Å². The third-order valence-electron chi connectivity index (χ3n) is 2.83. The molecule has 0 aliphatic carbocycles. The van der Waals surface area contributed by atoms with Crippen molar-refractivity contribution in [3.05, 3.63) is 46.2 Å². The van der Waals surface area contributed by atoms with Crippen molar-refractivity contribution < 1.29 is 9.47 Å². The predicted octanol–water partition coefficient (Wildman–Crippen LogP) is 3.07. The van der Waals surface area contributed by atoms with Gasteiger partial charge in [0.15, 0.2) is 0 Å². The van der Waals surface area contributed by atoms with Gasteiger partial charge in [-0.05, 0) is 30.8 Å². The maximum absolute atomic E-state index is 5.26. The largest absolute Gasteiger partial charge is 0.497 e. The Morgan fingerprint density at radius 1 is 1.11 bits per heavy atom. The zero-order chi connectivity index (χ0) is 13.0. The number of thiophene rings is 1. The van der Waals surface area contributed by atoms with Gasteiger partial charge in [0.05, 0.1) is 20.3 Å². The fourth-order valence-electron chi connectivity index (χ4n) is 1.89. The highest BCUT2D eigenvalue weighted by Gasteiger charge is 2.15. The van der Waals surface area contributed by atoms with Gasteiger partial charge < -0.3 is 14.8 Å². The second kappa shape index (κ2) is 5.89. The summed E-state index contributed by atoms with van der Waals surface area (Å²) < 4.78 is 10.5. The van der Waals surface area contributed by atoms with Crippen LogP contribution in [0.3, 0.4) is 0 Å². The number of hydrogen-bond donors (Lipinski definition) is 1. The lowest BCUT2D eigenvalue weighted by Crippen LogP contribution is -2.16. The summed E-state index contributed by atoms with van der Waals surface area (Å²) in [5.74, 6) is 1.77. The Morgan fingerprint density at radius 3 is 2.50 bits per heavy atom. The fourth-order valence-corrected chi connectivity index (χ4v) is 2.88. The van der Waals surface area contributed by atoms with Crippen LogP contribution in [0.4, 0.5) is 0 Å². The minimum absolute atomic E-state index is 0.161. The van der Waals surface area contributed by atoms with Crippen molar-refractivity contribution in [2.24, 2.45) is 0 Å². The highest BCUT2D eigenvalue weighted by Crippen LogP contribution is 2.31. The van der Waals surface area contributed by atoms with Gasteiger partial charge in [-0.25, -0.2) is 0 Å². The molecule has 0 saturated heterocycles. The van der Waals surface area contributed by atoms with E-state index in [0.29, 0.717) is 0 Å². The van der Waals surface area contributed by atoms with E-state index in [1.54, 1.807) is 25.6 Å². The number of ether oxygens (including phenoxy) is 2. The molecule has 0 saturated carbocycles. The Kier molecular flexibility index (Phi) is 4.23. The van der Waals surface area contributed by atoms with E-state index in [9.17, 15) is 0 Å². The molecule has 1 unspecified atom stereocenters. The Morgan fingerprint density at radius 2 is 1.89 bits per heavy atom. The predicted molar refractivity (Wildman–Crippen MR) is 74.8 cm³/mol. The van der Waals surface area contributed by atoms with Crippen molar-refractivity contribution in [3.63, 3.8) is 0 Å². The summed E-state index contributed by atoms with van der Waals surface area (Å²) >= 11 is 1.69. The number of nitrogens with one attached hydrogen (secondary N) is 1. The first-order valence-electron chi connectivity index (χ1n) is 5.72. The molecular weight excluding hydrogens is 246 g/mol. The first kappa shape index (κ1) is 12.9. The van der Waals surface area contributed by atoms with Gasteiger partial charge in [-0.15, -0.1) is 11.3 Å². The van der Waals surface area contributed by atoms with Crippen molar-refractivity contribution in [2.45, 2.75) is 6.04 Å². The molecule has 4 heteroatoms. The summed E-state index contributed by atoms with van der Waals surface area (Å²) in [6.45, 7) is 0. The standard InChI is InChI=1S/C14H17NO2S/c1-15-14(13-8-12(17-3)9-18-13)10-5-4-6-11(7-10)16-2/h4-9,14-15H,1-3H3. The van der Waals surface area contributed by atoms with Crippen LogP contribution in [0.15, 0.2) is 35.7 Å². The maximum atomic E-state index is 5.26. The van der Waals surface area contributed by atoms with E-state index in [-0.39, 0.29) is 6.04 Å². The van der Waals surface area contributed by atoms with Crippen LogP contribution in [0.5, 0.6) is 11.5 Å². The van der Waals surface area contributed by atoms with E-state index < -0.39 is 0 Å². The first-order chi connectivity index (χ1) is 8.78. The Bertz CT molecular complexity index is 510. The first-order valence-corrected chi connectivity index (χ1v) is 6.60. The van der Waals surface area contributed by atoms with Crippen molar-refractivity contribution >= 4 is 11.3 Å². The molecule has 3 nitrogen and oxygen atoms in total. The average molecular weight is 263 g/mol. The van der Waals surface area contributed by atoms with Crippen LogP contribution in [0, 0.1) is 0 Å². The molecule has 2 aromatic rings. The lowest BCUT2D eigenvalue weighted by molar-refractivity contribution is 0.413. The van der Waals surface area contributed by atoms with Crippen LogP contribution < -0.4 is 14.8 Å². The second-order valence-electron chi connectivity index (χ2n) is 3.89. The van der Waals surface area contributed by atoms with Crippen LogP contribution in [-0.4, -0.2) is 21.3 Å². The summed E-state index contributed by atoms with van der Waals surface area (Å²) in [6, 6.07) is 10.3. The molecule has 0 aliphatic rings. The van der Waals surface area contributed by atoms with E-state index in [0.717, 1.165) is 11.5 Å². The minimum atomic E-state index is 0.161. The third-order valence-corrected chi connectivity index (χ3v) is 3.81. The highest BCUT2D eigenvalue weighted by molar-refractivity contribution is 7.10. The molecule has 1 N–H and O–H groups in total. The van der Waals surface area contributed by atoms with Crippen LogP contribution in [0.1, 0.15) is 16.5 Å². The van der Waals surface area contributed by atoms with E-state index >= 15 is 0 Å². The molecule has 2 rings (SSSR count). The zero-order valence-corrected chi connectivity index (χ0v) is 11.6. The molecule has 1 heterocycles. The summed E-state index contributed by atoms with van der Waals surface area (Å²) in [7, 11) is 5.32. The lowest BCUT2D eigenvalue weighted by atomic mass is 10.1. The van der Waals surface area contributed by atoms with Gasteiger partial charge >= 0.3 is 0 Å². The Balaban J connectivity index is 2.32. The quantitative estimate of drug-likeness (QED) is 0.899. The Hall–Kier alpha value is -1.52. The normalized spacial score (nSPS) is 12.2. The lowest BCUT2D eigenvalue weighted by Gasteiger charge is -2.15. The summed E-state index contributed by atoms with van der Waals surface area (Å²) in [5.41, 5.74) is 1.18. The van der Waals surface area contributed by atoms with Gasteiger partial charge in [0.2, 0.25) is 0 Å². The Labute approximate surface area is 111 Å². The molecule has 96 valence electrons. The molecule has 0 spiro atoms. The number of hydrogen-bond acceptors (Lipinski definition) is 4. The van der Waals surface area contributed by atoms with E-state index in [1.165, 1.54) is 10.4 Å². The highest BCUT2D eigenvalue weighted by atomic mass is 32.1. The second-order valence-corrected chi connectivity index (χ2v) is 4.83. The van der Waals surface area contributed by atoms with Gasteiger partial charge in [0.25, 0.3) is 0 Å². The molecule has 18 heavy (non-hydrogen) atoms. The van der Waals surface area contributed by atoms with Crippen LogP contribution in [0.25, 0.3) is 0 Å². The van der Waals surface area contributed by atoms with Crippen molar-refractivity contribution in [1.29, 1.82) is 0 Å². The number of benzene rings is 1. The van der Waals surface area contributed by atoms with E-state index in [2.05, 4.69) is 17.4 Å². The third kappa shape index (κ3) is 2.66. The summed E-state index contributed by atoms with van der Waals surface area (Å²) in [6.07, 6.45) is 0. The van der Waals surface area contributed by atoms with Gasteiger partial charge in [-0.3, -0.25) is 0 Å². The van der Waals surface area contributed by atoms with Gasteiger partial charge in [0.1, 0.15) is 11.5 Å². The van der Waals surface area contributed by atoms with Gasteiger partial charge in [0, 0.05) is 10.3 Å². The monoisotopic (exact) mass is 263 g/mol. The molecule has 0 aliphatic heterocycles. The van der Waals surface area contributed by atoms with Crippen molar-refractivity contribution in [1.82, 2.24) is 5.32 Å². The van der Waals surface area contributed by atoms with Crippen molar-refractivity contribution in [3.8, 4) is 11.5 Å². The molecule has 0 fully saturated rings. The van der Waals surface area contributed by atoms with Crippen LogP contribution in [-0.2, 0) is 0 Å². The molecule has 0 amide bonds. The molecule has 1 aromatic heterocycles.